The molecule has 0 saturated carbocycles. The van der Waals surface area contributed by atoms with Crippen molar-refractivity contribution in [1.82, 2.24) is 20.4 Å². The van der Waals surface area contributed by atoms with Gasteiger partial charge >= 0.3 is 6.01 Å². The molecule has 17 heavy (non-hydrogen) atoms. The lowest BCUT2D eigenvalue weighted by Gasteiger charge is -2.06. The maximum atomic E-state index is 9.40. The van der Waals surface area contributed by atoms with E-state index in [1.54, 1.807) is 25.2 Å². The van der Waals surface area contributed by atoms with E-state index in [9.17, 15) is 5.11 Å². The average Bonchev–Trinajstić information content (AvgIpc) is 2.29. The van der Waals surface area contributed by atoms with E-state index in [0.29, 0.717) is 16.4 Å². The average molecular weight is 252 g/mol. The Bertz CT molecular complexity index is 534. The van der Waals surface area contributed by atoms with Gasteiger partial charge in [0.2, 0.25) is 5.95 Å². The Morgan fingerprint density at radius 1 is 1.18 bits per heavy atom. The van der Waals surface area contributed by atoms with Crippen LogP contribution in [0.2, 0.25) is 5.02 Å². The third-order valence-corrected chi connectivity index (χ3v) is 2.30. The molecule has 0 saturated heterocycles. The molecule has 1 heterocycles. The molecule has 0 amide bonds. The topological polar surface area (TPSA) is 83.0 Å². The summed E-state index contributed by atoms with van der Waals surface area (Å²) < 4.78 is 0. The minimum absolute atomic E-state index is 0.218. The van der Waals surface area contributed by atoms with Crippen LogP contribution in [0.25, 0.3) is 11.4 Å². The number of aromatic nitrogens is 3. The fraction of sp³-hybridized carbons (Fsp3) is 0.100. The Labute approximate surface area is 103 Å². The van der Waals surface area contributed by atoms with Crippen molar-refractivity contribution in [3.8, 4) is 17.4 Å². The molecule has 0 aliphatic heterocycles. The molecule has 0 fully saturated rings. The first kappa shape index (κ1) is 11.6. The van der Waals surface area contributed by atoms with E-state index in [-0.39, 0.29) is 12.0 Å². The van der Waals surface area contributed by atoms with E-state index < -0.39 is 0 Å². The van der Waals surface area contributed by atoms with E-state index in [1.807, 2.05) is 6.07 Å². The summed E-state index contributed by atoms with van der Waals surface area (Å²) in [5.41, 5.74) is 5.95. The van der Waals surface area contributed by atoms with Gasteiger partial charge < -0.3 is 5.11 Å². The lowest BCUT2D eigenvalue weighted by molar-refractivity contribution is 0.429. The summed E-state index contributed by atoms with van der Waals surface area (Å²) in [5.74, 6) is 0.524. The molecule has 0 aliphatic rings. The monoisotopic (exact) mass is 251 g/mol. The van der Waals surface area contributed by atoms with Crippen LogP contribution in [0.1, 0.15) is 0 Å². The molecule has 0 aliphatic carbocycles. The van der Waals surface area contributed by atoms with Crippen molar-refractivity contribution < 1.29 is 5.11 Å². The van der Waals surface area contributed by atoms with Crippen molar-refractivity contribution in [2.45, 2.75) is 0 Å². The second-order valence-corrected chi connectivity index (χ2v) is 3.54. The lowest BCUT2D eigenvalue weighted by atomic mass is 10.2. The molecular weight excluding hydrogens is 242 g/mol. The summed E-state index contributed by atoms with van der Waals surface area (Å²) in [6.45, 7) is 0. The van der Waals surface area contributed by atoms with Crippen LogP contribution in [-0.2, 0) is 0 Å². The summed E-state index contributed by atoms with van der Waals surface area (Å²) in [6, 6.07) is 6.74. The Hall–Kier alpha value is -1.92. The molecule has 1 aromatic heterocycles. The van der Waals surface area contributed by atoms with Crippen molar-refractivity contribution in [2.24, 2.45) is 0 Å². The summed E-state index contributed by atoms with van der Waals surface area (Å²) >= 11 is 6.02. The van der Waals surface area contributed by atoms with Gasteiger partial charge in [-0.25, -0.2) is 5.43 Å². The zero-order valence-electron chi connectivity index (χ0n) is 8.98. The molecule has 0 radical (unpaired) electrons. The first-order valence-corrected chi connectivity index (χ1v) is 5.21. The van der Waals surface area contributed by atoms with Crippen molar-refractivity contribution in [2.75, 3.05) is 12.5 Å². The maximum absolute atomic E-state index is 9.40. The summed E-state index contributed by atoms with van der Waals surface area (Å²) in [4.78, 5) is 11.6. The normalized spacial score (nSPS) is 10.2. The van der Waals surface area contributed by atoms with Gasteiger partial charge in [-0.3, -0.25) is 5.43 Å². The van der Waals surface area contributed by atoms with Crippen molar-refractivity contribution in [3.05, 3.63) is 29.3 Å². The highest BCUT2D eigenvalue weighted by Crippen LogP contribution is 2.25. The lowest BCUT2D eigenvalue weighted by Crippen LogP contribution is -2.17. The molecular formula is C10H10ClN5O. The molecule has 0 unspecified atom stereocenters. The predicted octanol–water partition coefficient (Wildman–Crippen LogP) is 1.44. The van der Waals surface area contributed by atoms with Crippen LogP contribution in [0.4, 0.5) is 5.95 Å². The van der Waals surface area contributed by atoms with Crippen LogP contribution in [0.3, 0.4) is 0 Å². The minimum atomic E-state index is -0.368. The molecule has 88 valence electrons. The first-order chi connectivity index (χ1) is 8.20. The molecule has 0 bridgehead atoms. The SMILES string of the molecule is CNNc1nc(O)nc(-c2ccccc2Cl)n1. The van der Waals surface area contributed by atoms with Gasteiger partial charge in [-0.2, -0.15) is 15.0 Å². The van der Waals surface area contributed by atoms with E-state index in [1.165, 1.54) is 0 Å². The molecule has 2 aromatic rings. The van der Waals surface area contributed by atoms with Gasteiger partial charge in [0, 0.05) is 12.6 Å². The molecule has 6 nitrogen and oxygen atoms in total. The zero-order chi connectivity index (χ0) is 12.3. The molecule has 3 N–H and O–H groups in total. The Morgan fingerprint density at radius 3 is 2.65 bits per heavy atom. The fourth-order valence-corrected chi connectivity index (χ4v) is 1.52. The number of nitrogens with one attached hydrogen (secondary N) is 2. The van der Waals surface area contributed by atoms with E-state index in [2.05, 4.69) is 25.8 Å². The highest BCUT2D eigenvalue weighted by molar-refractivity contribution is 6.33. The van der Waals surface area contributed by atoms with E-state index in [0.717, 1.165) is 0 Å². The van der Waals surface area contributed by atoms with Crippen molar-refractivity contribution in [3.63, 3.8) is 0 Å². The summed E-state index contributed by atoms with van der Waals surface area (Å²) in [6.07, 6.45) is 0. The third kappa shape index (κ3) is 2.61. The number of hydrogen-bond acceptors (Lipinski definition) is 6. The van der Waals surface area contributed by atoms with Crippen molar-refractivity contribution >= 4 is 17.5 Å². The number of nitrogens with zero attached hydrogens (tertiary/aromatic N) is 3. The number of aromatic hydroxyl groups is 1. The number of rotatable bonds is 3. The highest BCUT2D eigenvalue weighted by Gasteiger charge is 2.09. The summed E-state index contributed by atoms with van der Waals surface area (Å²) in [5, 5.41) is 9.91. The van der Waals surface area contributed by atoms with Gasteiger partial charge in [-0.1, -0.05) is 23.7 Å². The summed E-state index contributed by atoms with van der Waals surface area (Å²) in [7, 11) is 1.66. The number of anilines is 1. The third-order valence-electron chi connectivity index (χ3n) is 1.98. The van der Waals surface area contributed by atoms with Gasteiger partial charge in [0.25, 0.3) is 0 Å². The van der Waals surface area contributed by atoms with Gasteiger partial charge in [-0.05, 0) is 12.1 Å². The van der Waals surface area contributed by atoms with Crippen LogP contribution in [-0.4, -0.2) is 27.1 Å². The molecule has 2 rings (SSSR count). The van der Waals surface area contributed by atoms with Gasteiger partial charge in [0.1, 0.15) is 0 Å². The smallest absolute Gasteiger partial charge is 0.319 e. The maximum Gasteiger partial charge on any atom is 0.319 e. The molecule has 1 aromatic carbocycles. The Kier molecular flexibility index (Phi) is 3.36. The van der Waals surface area contributed by atoms with Crippen LogP contribution in [0, 0.1) is 0 Å². The van der Waals surface area contributed by atoms with Crippen LogP contribution in [0.15, 0.2) is 24.3 Å². The largest absolute Gasteiger partial charge is 0.479 e. The van der Waals surface area contributed by atoms with Crippen LogP contribution >= 0.6 is 11.6 Å². The fourth-order valence-electron chi connectivity index (χ4n) is 1.30. The standard InChI is InChI=1S/C10H10ClN5O/c1-12-16-9-13-8(14-10(17)15-9)6-4-2-3-5-7(6)11/h2-5,12H,1H3,(H2,13,14,15,16,17). The van der Waals surface area contributed by atoms with Crippen LogP contribution in [0.5, 0.6) is 6.01 Å². The molecule has 0 spiro atoms. The number of halogens is 1. The number of hydrogen-bond donors (Lipinski definition) is 3. The van der Waals surface area contributed by atoms with Gasteiger partial charge in [0.15, 0.2) is 5.82 Å². The Morgan fingerprint density at radius 2 is 1.94 bits per heavy atom. The van der Waals surface area contributed by atoms with Gasteiger partial charge in [-0.15, -0.1) is 0 Å². The van der Waals surface area contributed by atoms with Crippen molar-refractivity contribution in [1.29, 1.82) is 0 Å². The quantitative estimate of drug-likeness (QED) is 0.716. The second kappa shape index (κ2) is 4.94. The first-order valence-electron chi connectivity index (χ1n) is 4.83. The molecule has 7 heteroatoms. The predicted molar refractivity (Wildman–Crippen MR) is 64.6 cm³/mol. The van der Waals surface area contributed by atoms with Gasteiger partial charge in [0.05, 0.1) is 5.02 Å². The van der Waals surface area contributed by atoms with Crippen LogP contribution < -0.4 is 10.9 Å². The van der Waals surface area contributed by atoms with E-state index >= 15 is 0 Å². The number of hydrazine groups is 1. The van der Waals surface area contributed by atoms with E-state index in [4.69, 9.17) is 11.6 Å². The zero-order valence-corrected chi connectivity index (χ0v) is 9.73. The molecule has 0 atom stereocenters. The second-order valence-electron chi connectivity index (χ2n) is 3.14. The minimum Gasteiger partial charge on any atom is -0.479 e. The number of benzene rings is 1. The highest BCUT2D eigenvalue weighted by atomic mass is 35.5. The Balaban J connectivity index is 2.48.